The summed E-state index contributed by atoms with van der Waals surface area (Å²) in [5.41, 5.74) is -0.630. The van der Waals surface area contributed by atoms with E-state index in [2.05, 4.69) is 15.1 Å². The highest BCUT2D eigenvalue weighted by atomic mass is 35.5. The van der Waals surface area contributed by atoms with Crippen molar-refractivity contribution in [2.45, 2.75) is 16.5 Å². The van der Waals surface area contributed by atoms with Crippen molar-refractivity contribution < 1.29 is 5.11 Å². The number of halogens is 2. The van der Waals surface area contributed by atoms with Gasteiger partial charge in [0.2, 0.25) is 0 Å². The SMILES string of the molecule is OC(CSc1nccs1)(Cn1cncn1)c1ccc(Cl)cc1Cl. The lowest BCUT2D eigenvalue weighted by molar-refractivity contribution is 0.0398. The van der Waals surface area contributed by atoms with Crippen molar-refractivity contribution in [3.05, 3.63) is 58.0 Å². The summed E-state index contributed by atoms with van der Waals surface area (Å²) in [6.45, 7) is 0.229. The summed E-state index contributed by atoms with van der Waals surface area (Å²) < 4.78 is 2.46. The molecule has 0 aliphatic rings. The second-order valence-corrected chi connectivity index (χ2v) is 7.80. The average Bonchev–Trinajstić information content (AvgIpc) is 3.18. The van der Waals surface area contributed by atoms with Gasteiger partial charge in [-0.3, -0.25) is 0 Å². The molecule has 0 aliphatic carbocycles. The van der Waals surface area contributed by atoms with Crippen molar-refractivity contribution in [3.8, 4) is 0 Å². The average molecular weight is 387 g/mol. The maximum atomic E-state index is 11.3. The number of aliphatic hydroxyl groups is 1. The van der Waals surface area contributed by atoms with Crippen LogP contribution in [0.15, 0.2) is 46.8 Å². The molecule has 2 heterocycles. The van der Waals surface area contributed by atoms with E-state index in [-0.39, 0.29) is 6.54 Å². The highest BCUT2D eigenvalue weighted by Crippen LogP contribution is 2.36. The predicted molar refractivity (Wildman–Crippen MR) is 93.2 cm³/mol. The van der Waals surface area contributed by atoms with E-state index in [9.17, 15) is 5.11 Å². The van der Waals surface area contributed by atoms with Crippen molar-refractivity contribution >= 4 is 46.3 Å². The van der Waals surface area contributed by atoms with Crippen molar-refractivity contribution in [1.29, 1.82) is 0 Å². The monoisotopic (exact) mass is 386 g/mol. The van der Waals surface area contributed by atoms with Crippen LogP contribution in [0.3, 0.4) is 0 Å². The zero-order chi connectivity index (χ0) is 16.3. The number of thiazole rings is 1. The largest absolute Gasteiger partial charge is 0.382 e. The van der Waals surface area contributed by atoms with Crippen LogP contribution >= 0.6 is 46.3 Å². The lowest BCUT2D eigenvalue weighted by Gasteiger charge is -2.28. The molecule has 0 radical (unpaired) electrons. The fraction of sp³-hybridized carbons (Fsp3) is 0.214. The Bertz CT molecular complexity index is 767. The molecule has 3 aromatic rings. The third-order valence-electron chi connectivity index (χ3n) is 3.17. The second kappa shape index (κ2) is 7.19. The maximum absolute atomic E-state index is 11.3. The van der Waals surface area contributed by atoms with Gasteiger partial charge in [0.1, 0.15) is 22.6 Å². The third-order valence-corrected chi connectivity index (χ3v) is 5.90. The first-order chi connectivity index (χ1) is 11.1. The molecule has 0 saturated heterocycles. The fourth-order valence-corrected chi connectivity index (χ4v) is 4.42. The summed E-state index contributed by atoms with van der Waals surface area (Å²) in [7, 11) is 0. The summed E-state index contributed by atoms with van der Waals surface area (Å²) in [6.07, 6.45) is 4.72. The molecule has 0 saturated carbocycles. The minimum atomic E-state index is -1.23. The molecular formula is C14H12Cl2N4OS2. The normalized spacial score (nSPS) is 13.9. The topological polar surface area (TPSA) is 63.8 Å². The van der Waals surface area contributed by atoms with E-state index in [0.717, 1.165) is 4.34 Å². The maximum Gasteiger partial charge on any atom is 0.149 e. The minimum Gasteiger partial charge on any atom is -0.382 e. The first-order valence-corrected chi connectivity index (χ1v) is 9.21. The smallest absolute Gasteiger partial charge is 0.149 e. The molecule has 9 heteroatoms. The van der Waals surface area contributed by atoms with Gasteiger partial charge in [-0.15, -0.1) is 11.3 Å². The third kappa shape index (κ3) is 4.05. The first kappa shape index (κ1) is 16.7. The zero-order valence-corrected chi connectivity index (χ0v) is 14.9. The van der Waals surface area contributed by atoms with Gasteiger partial charge in [-0.25, -0.2) is 14.6 Å². The van der Waals surface area contributed by atoms with Gasteiger partial charge in [0.15, 0.2) is 0 Å². The Balaban J connectivity index is 1.91. The predicted octanol–water partition coefficient (Wildman–Crippen LogP) is 3.72. The van der Waals surface area contributed by atoms with E-state index in [0.29, 0.717) is 21.4 Å². The van der Waals surface area contributed by atoms with E-state index in [1.807, 2.05) is 5.38 Å². The fourth-order valence-electron chi connectivity index (χ4n) is 2.12. The van der Waals surface area contributed by atoms with Gasteiger partial charge in [0.05, 0.1) is 6.54 Å². The molecule has 0 amide bonds. The van der Waals surface area contributed by atoms with E-state index in [1.54, 1.807) is 35.4 Å². The van der Waals surface area contributed by atoms with E-state index < -0.39 is 5.60 Å². The molecule has 0 fully saturated rings. The van der Waals surface area contributed by atoms with Crippen LogP contribution < -0.4 is 0 Å². The molecule has 1 N–H and O–H groups in total. The molecule has 1 atom stereocenters. The van der Waals surface area contributed by atoms with Gasteiger partial charge in [0.25, 0.3) is 0 Å². The Morgan fingerprint density at radius 2 is 2.22 bits per heavy atom. The van der Waals surface area contributed by atoms with Crippen LogP contribution in [-0.4, -0.2) is 30.6 Å². The van der Waals surface area contributed by atoms with E-state index >= 15 is 0 Å². The molecule has 120 valence electrons. The summed E-state index contributed by atoms with van der Waals surface area (Å²) in [4.78, 5) is 8.14. The molecule has 1 aromatic carbocycles. The van der Waals surface area contributed by atoms with E-state index in [4.69, 9.17) is 23.2 Å². The first-order valence-electron chi connectivity index (χ1n) is 6.59. The van der Waals surface area contributed by atoms with Crippen LogP contribution in [0.25, 0.3) is 0 Å². The number of nitrogens with zero attached hydrogens (tertiary/aromatic N) is 4. The molecule has 1 unspecified atom stereocenters. The second-order valence-electron chi connectivity index (χ2n) is 4.84. The molecule has 3 rings (SSSR count). The van der Waals surface area contributed by atoms with Gasteiger partial charge >= 0.3 is 0 Å². The lowest BCUT2D eigenvalue weighted by Crippen LogP contribution is -2.34. The van der Waals surface area contributed by atoms with Crippen molar-refractivity contribution in [2.24, 2.45) is 0 Å². The molecule has 0 aliphatic heterocycles. The van der Waals surface area contributed by atoms with Gasteiger partial charge in [-0.2, -0.15) is 5.10 Å². The Hall–Kier alpha value is -1.12. The Kier molecular flexibility index (Phi) is 5.23. The quantitative estimate of drug-likeness (QED) is 0.653. The van der Waals surface area contributed by atoms with Crippen LogP contribution in [-0.2, 0) is 12.1 Å². The number of rotatable bonds is 6. The number of thioether (sulfide) groups is 1. The zero-order valence-electron chi connectivity index (χ0n) is 11.8. The molecule has 5 nitrogen and oxygen atoms in total. The number of hydrogen-bond acceptors (Lipinski definition) is 6. The van der Waals surface area contributed by atoms with Crippen LogP contribution in [0.5, 0.6) is 0 Å². The highest BCUT2D eigenvalue weighted by molar-refractivity contribution is 8.01. The van der Waals surface area contributed by atoms with Gasteiger partial charge in [0, 0.05) is 32.9 Å². The molecular weight excluding hydrogens is 375 g/mol. The van der Waals surface area contributed by atoms with E-state index in [1.165, 1.54) is 29.4 Å². The van der Waals surface area contributed by atoms with Crippen molar-refractivity contribution in [2.75, 3.05) is 5.75 Å². The lowest BCUT2D eigenvalue weighted by atomic mass is 9.95. The Morgan fingerprint density at radius 1 is 1.35 bits per heavy atom. The van der Waals surface area contributed by atoms with Crippen molar-refractivity contribution in [3.63, 3.8) is 0 Å². The summed E-state index contributed by atoms with van der Waals surface area (Å²) in [5, 5.41) is 18.2. The van der Waals surface area contributed by atoms with Crippen LogP contribution in [0, 0.1) is 0 Å². The summed E-state index contributed by atoms with van der Waals surface area (Å²) in [5.74, 6) is 0.377. The summed E-state index contributed by atoms with van der Waals surface area (Å²) >= 11 is 15.3. The number of hydrogen-bond donors (Lipinski definition) is 1. The molecule has 0 spiro atoms. The Morgan fingerprint density at radius 3 is 2.87 bits per heavy atom. The minimum absolute atomic E-state index is 0.229. The molecule has 23 heavy (non-hydrogen) atoms. The molecule has 2 aromatic heterocycles. The molecule has 0 bridgehead atoms. The van der Waals surface area contributed by atoms with Crippen molar-refractivity contribution in [1.82, 2.24) is 19.7 Å². The highest BCUT2D eigenvalue weighted by Gasteiger charge is 2.33. The van der Waals surface area contributed by atoms with Gasteiger partial charge in [-0.1, -0.05) is 41.0 Å². The van der Waals surface area contributed by atoms with Crippen LogP contribution in [0.2, 0.25) is 10.0 Å². The van der Waals surface area contributed by atoms with Gasteiger partial charge in [-0.05, 0) is 12.1 Å². The standard InChI is InChI=1S/C14H12Cl2N4OS2/c15-10-1-2-11(12(16)5-10)14(21,6-20-9-17-8-19-20)7-23-13-18-3-4-22-13/h1-5,8-9,21H,6-7H2. The number of benzene rings is 1. The van der Waals surface area contributed by atoms with Gasteiger partial charge < -0.3 is 5.11 Å². The Labute approximate surface area is 151 Å². The number of aromatic nitrogens is 4. The summed E-state index contributed by atoms with van der Waals surface area (Å²) in [6, 6.07) is 5.08. The van der Waals surface area contributed by atoms with Crippen LogP contribution in [0.1, 0.15) is 5.56 Å². The van der Waals surface area contributed by atoms with Crippen LogP contribution in [0.4, 0.5) is 0 Å².